The number of likely N-dealkylation sites (tertiary alicyclic amines) is 1. The van der Waals surface area contributed by atoms with Crippen molar-refractivity contribution in [3.8, 4) is 5.75 Å². The zero-order valence-corrected chi connectivity index (χ0v) is 20.8. The number of nitrogens with two attached hydrogens (primary N) is 1. The predicted molar refractivity (Wildman–Crippen MR) is 142 cm³/mol. The molecule has 2 amide bonds. The Bertz CT molecular complexity index is 1170. The molecule has 7 nitrogen and oxygen atoms in total. The molecule has 0 bridgehead atoms. The fourth-order valence-corrected chi connectivity index (χ4v) is 4.34. The molecule has 3 aromatic rings. The van der Waals surface area contributed by atoms with Crippen molar-refractivity contribution in [2.75, 3.05) is 25.5 Å². The summed E-state index contributed by atoms with van der Waals surface area (Å²) in [5, 5.41) is 6.01. The van der Waals surface area contributed by atoms with Gasteiger partial charge in [0.05, 0.1) is 7.11 Å². The van der Waals surface area contributed by atoms with Crippen LogP contribution >= 0.6 is 0 Å². The van der Waals surface area contributed by atoms with E-state index in [0.717, 1.165) is 36.3 Å². The van der Waals surface area contributed by atoms with Crippen LogP contribution in [-0.4, -0.2) is 36.9 Å². The van der Waals surface area contributed by atoms with Crippen molar-refractivity contribution in [1.29, 1.82) is 0 Å². The Morgan fingerprint density at radius 1 is 0.861 bits per heavy atom. The van der Waals surface area contributed by atoms with Gasteiger partial charge < -0.3 is 21.1 Å². The van der Waals surface area contributed by atoms with Crippen LogP contribution in [0, 0.1) is 0 Å². The molecule has 188 valence electrons. The van der Waals surface area contributed by atoms with Crippen LogP contribution in [0.3, 0.4) is 0 Å². The van der Waals surface area contributed by atoms with E-state index in [1.54, 1.807) is 37.4 Å². The number of anilines is 1. The predicted octanol–water partition coefficient (Wildman–Crippen LogP) is 4.32. The van der Waals surface area contributed by atoms with Gasteiger partial charge in [0.15, 0.2) is 0 Å². The number of benzene rings is 3. The number of rotatable bonds is 9. The zero-order chi connectivity index (χ0) is 25.3. The highest BCUT2D eigenvalue weighted by molar-refractivity contribution is 6.05. The molecular formula is C29H34N4O3. The number of carbonyl (C=O) groups is 2. The van der Waals surface area contributed by atoms with Gasteiger partial charge in [0.1, 0.15) is 5.75 Å². The molecule has 1 saturated heterocycles. The quantitative estimate of drug-likeness (QED) is 0.419. The Balaban J connectivity index is 1.51. The molecule has 7 heteroatoms. The maximum Gasteiger partial charge on any atom is 0.255 e. The molecule has 3 aromatic carbocycles. The molecule has 1 fully saturated rings. The number of ether oxygens (including phenoxy) is 1. The van der Waals surface area contributed by atoms with Crippen molar-refractivity contribution in [1.82, 2.24) is 10.2 Å². The summed E-state index contributed by atoms with van der Waals surface area (Å²) in [7, 11) is 1.59. The average Bonchev–Trinajstić information content (AvgIpc) is 2.93. The van der Waals surface area contributed by atoms with Crippen molar-refractivity contribution in [3.05, 3.63) is 94.5 Å². The summed E-state index contributed by atoms with van der Waals surface area (Å²) in [6.07, 6.45) is 3.62. The van der Waals surface area contributed by atoms with Crippen LogP contribution in [0.5, 0.6) is 5.75 Å². The van der Waals surface area contributed by atoms with Crippen LogP contribution in [0.2, 0.25) is 0 Å². The topological polar surface area (TPSA) is 96.7 Å². The number of hydrogen-bond donors (Lipinski definition) is 3. The van der Waals surface area contributed by atoms with Gasteiger partial charge in [0.2, 0.25) is 0 Å². The van der Waals surface area contributed by atoms with Crippen LogP contribution in [0.15, 0.2) is 66.7 Å². The maximum atomic E-state index is 13.0. The summed E-state index contributed by atoms with van der Waals surface area (Å²) >= 11 is 0. The summed E-state index contributed by atoms with van der Waals surface area (Å²) in [5.74, 6) is 0.270. The molecule has 0 aliphatic carbocycles. The van der Waals surface area contributed by atoms with Crippen molar-refractivity contribution >= 4 is 17.5 Å². The molecule has 0 aromatic heterocycles. The third-order valence-corrected chi connectivity index (χ3v) is 6.53. The number of hydrogen-bond acceptors (Lipinski definition) is 5. The molecule has 0 unspecified atom stereocenters. The average molecular weight is 487 g/mol. The van der Waals surface area contributed by atoms with E-state index in [0.29, 0.717) is 35.7 Å². The molecule has 1 aliphatic heterocycles. The highest BCUT2D eigenvalue weighted by atomic mass is 16.5. The minimum absolute atomic E-state index is 0.192. The summed E-state index contributed by atoms with van der Waals surface area (Å²) in [6, 6.07) is 20.4. The van der Waals surface area contributed by atoms with E-state index < -0.39 is 0 Å². The fraction of sp³-hybridized carbons (Fsp3) is 0.310. The summed E-state index contributed by atoms with van der Waals surface area (Å²) in [5.41, 5.74) is 10.4. The number of nitrogens with one attached hydrogen (secondary N) is 2. The lowest BCUT2D eigenvalue weighted by Crippen LogP contribution is -2.30. The van der Waals surface area contributed by atoms with E-state index in [1.165, 1.54) is 19.3 Å². The summed E-state index contributed by atoms with van der Waals surface area (Å²) in [4.78, 5) is 28.4. The largest absolute Gasteiger partial charge is 0.497 e. The number of carbonyl (C=O) groups excluding carboxylic acids is 2. The van der Waals surface area contributed by atoms with Gasteiger partial charge in [-0.15, -0.1) is 0 Å². The number of amides is 2. The highest BCUT2D eigenvalue weighted by Gasteiger charge is 2.17. The van der Waals surface area contributed by atoms with Gasteiger partial charge in [-0.2, -0.15) is 0 Å². The van der Waals surface area contributed by atoms with Crippen LogP contribution < -0.4 is 21.1 Å². The van der Waals surface area contributed by atoms with Crippen molar-refractivity contribution in [2.45, 2.75) is 38.9 Å². The normalized spacial score (nSPS) is 13.7. The first-order chi connectivity index (χ1) is 17.6. The van der Waals surface area contributed by atoms with E-state index in [9.17, 15) is 9.59 Å². The number of piperidine rings is 1. The SMILES string of the molecule is COc1ccc(C(=O)Nc2cc(C(=O)NCc3ccc(CN)cc3)ccc2CN2CCCCC2)cc1. The van der Waals surface area contributed by atoms with Gasteiger partial charge in [-0.1, -0.05) is 36.8 Å². The van der Waals surface area contributed by atoms with Gasteiger partial charge in [-0.25, -0.2) is 0 Å². The molecular weight excluding hydrogens is 452 g/mol. The first-order valence-electron chi connectivity index (χ1n) is 12.4. The second kappa shape index (κ2) is 12.3. The van der Waals surface area contributed by atoms with Crippen LogP contribution in [0.1, 0.15) is 56.7 Å². The van der Waals surface area contributed by atoms with E-state index in [4.69, 9.17) is 10.5 Å². The summed E-state index contributed by atoms with van der Waals surface area (Å²) < 4.78 is 5.19. The molecule has 0 saturated carbocycles. The Morgan fingerprint density at radius 2 is 1.53 bits per heavy atom. The third kappa shape index (κ3) is 6.71. The maximum absolute atomic E-state index is 13.0. The van der Waals surface area contributed by atoms with Crippen molar-refractivity contribution < 1.29 is 14.3 Å². The number of methoxy groups -OCH3 is 1. The van der Waals surface area contributed by atoms with Gasteiger partial charge >= 0.3 is 0 Å². The Kier molecular flexibility index (Phi) is 8.71. The van der Waals surface area contributed by atoms with Crippen molar-refractivity contribution in [3.63, 3.8) is 0 Å². The molecule has 0 atom stereocenters. The Labute approximate surface area is 212 Å². The van der Waals surface area contributed by atoms with Gasteiger partial charge in [0.25, 0.3) is 11.8 Å². The molecule has 0 radical (unpaired) electrons. The second-order valence-corrected chi connectivity index (χ2v) is 9.09. The minimum atomic E-state index is -0.227. The molecule has 36 heavy (non-hydrogen) atoms. The number of nitrogens with zero attached hydrogens (tertiary/aromatic N) is 1. The third-order valence-electron chi connectivity index (χ3n) is 6.53. The highest BCUT2D eigenvalue weighted by Crippen LogP contribution is 2.23. The standard InChI is InChI=1S/C29H34N4O3/c1-36-26-13-11-23(12-14-26)29(35)32-27-17-24(9-10-25(27)20-33-15-3-2-4-16-33)28(34)31-19-22-7-5-21(18-30)6-8-22/h5-14,17H,2-4,15-16,18-20,30H2,1H3,(H,31,34)(H,32,35). The first kappa shape index (κ1) is 25.4. The fourth-order valence-electron chi connectivity index (χ4n) is 4.34. The van der Waals surface area contributed by atoms with E-state index >= 15 is 0 Å². The van der Waals surface area contributed by atoms with Gasteiger partial charge in [0, 0.05) is 36.4 Å². The van der Waals surface area contributed by atoms with Crippen molar-refractivity contribution in [2.24, 2.45) is 5.73 Å². The Hall–Kier alpha value is -3.68. The molecule has 1 aliphatic rings. The van der Waals surface area contributed by atoms with Crippen LogP contribution in [0.4, 0.5) is 5.69 Å². The van der Waals surface area contributed by atoms with E-state index in [2.05, 4.69) is 15.5 Å². The molecule has 1 heterocycles. The molecule has 0 spiro atoms. The van der Waals surface area contributed by atoms with E-state index in [1.807, 2.05) is 36.4 Å². The van der Waals surface area contributed by atoms with Crippen LogP contribution in [-0.2, 0) is 19.6 Å². The molecule has 4 N–H and O–H groups in total. The smallest absolute Gasteiger partial charge is 0.255 e. The van der Waals surface area contributed by atoms with Gasteiger partial charge in [-0.3, -0.25) is 14.5 Å². The minimum Gasteiger partial charge on any atom is -0.497 e. The first-order valence-corrected chi connectivity index (χ1v) is 12.4. The Morgan fingerprint density at radius 3 is 2.19 bits per heavy atom. The lowest BCUT2D eigenvalue weighted by molar-refractivity contribution is 0.0949. The monoisotopic (exact) mass is 486 g/mol. The summed E-state index contributed by atoms with van der Waals surface area (Å²) in [6.45, 7) is 3.70. The van der Waals surface area contributed by atoms with Gasteiger partial charge in [-0.05, 0) is 79.0 Å². The lowest BCUT2D eigenvalue weighted by Gasteiger charge is -2.27. The molecule has 4 rings (SSSR count). The van der Waals surface area contributed by atoms with E-state index in [-0.39, 0.29) is 11.8 Å². The van der Waals surface area contributed by atoms with Crippen LogP contribution in [0.25, 0.3) is 0 Å². The zero-order valence-electron chi connectivity index (χ0n) is 20.8. The second-order valence-electron chi connectivity index (χ2n) is 9.09. The lowest BCUT2D eigenvalue weighted by atomic mass is 10.0.